The van der Waals surface area contributed by atoms with Crippen LogP contribution < -0.4 is 9.64 Å². The van der Waals surface area contributed by atoms with E-state index in [2.05, 4.69) is 17.0 Å². The summed E-state index contributed by atoms with van der Waals surface area (Å²) in [6.07, 6.45) is 6.45. The number of methoxy groups -OCH3 is 3. The molecule has 31 heavy (non-hydrogen) atoms. The SMILES string of the molecule is COC(=O)C1=CC23CCCN4CC[C@@]5(c6cccc(OC)c6N(C(=O)OC)C15CC2)[C@@H]43. The van der Waals surface area contributed by atoms with Gasteiger partial charge in [-0.25, -0.2) is 9.59 Å². The lowest BCUT2D eigenvalue weighted by Crippen LogP contribution is -2.75. The summed E-state index contributed by atoms with van der Waals surface area (Å²) in [5, 5.41) is 0. The lowest BCUT2D eigenvalue weighted by atomic mass is 9.42. The molecule has 0 N–H and O–H groups in total. The topological polar surface area (TPSA) is 68.3 Å². The molecule has 1 aromatic carbocycles. The maximum Gasteiger partial charge on any atom is 0.414 e. The Morgan fingerprint density at radius 3 is 2.61 bits per heavy atom. The van der Waals surface area contributed by atoms with Gasteiger partial charge in [0.15, 0.2) is 0 Å². The first-order valence-corrected chi connectivity index (χ1v) is 11.1. The fourth-order valence-corrected chi connectivity index (χ4v) is 8.16. The van der Waals surface area contributed by atoms with Gasteiger partial charge in [-0.05, 0) is 56.8 Å². The van der Waals surface area contributed by atoms with Crippen LogP contribution in [-0.2, 0) is 19.7 Å². The number of hydrogen-bond acceptors (Lipinski definition) is 6. The van der Waals surface area contributed by atoms with E-state index in [9.17, 15) is 9.59 Å². The summed E-state index contributed by atoms with van der Waals surface area (Å²) in [7, 11) is 4.45. The Bertz CT molecular complexity index is 1040. The van der Waals surface area contributed by atoms with E-state index in [0.29, 0.717) is 17.7 Å². The number of rotatable bonds is 2. The van der Waals surface area contributed by atoms with E-state index in [1.165, 1.54) is 14.2 Å². The number of benzene rings is 1. The number of piperidine rings is 1. The molecule has 2 bridgehead atoms. The van der Waals surface area contributed by atoms with Gasteiger partial charge in [0.2, 0.25) is 0 Å². The van der Waals surface area contributed by atoms with Crippen LogP contribution in [0.15, 0.2) is 29.8 Å². The first kappa shape index (κ1) is 19.2. The highest BCUT2D eigenvalue weighted by Crippen LogP contribution is 2.74. The van der Waals surface area contributed by atoms with Gasteiger partial charge in [0, 0.05) is 16.9 Å². The standard InChI is InChI=1S/C24H28N2O5/c1-29-17-7-4-6-15-18(17)26(21(28)31-3)24-10-9-22(14-16(24)19(27)30-2)8-5-12-25-13-11-23(15,24)20(22)25/h4,6-7,14,20H,5,8-13H2,1-3H3/t20-,22?,23+,24?/m0/s1. The van der Waals surface area contributed by atoms with Gasteiger partial charge in [0.1, 0.15) is 5.75 Å². The first-order valence-electron chi connectivity index (χ1n) is 11.1. The Balaban J connectivity index is 1.75. The van der Waals surface area contributed by atoms with Crippen LogP contribution in [0.2, 0.25) is 0 Å². The van der Waals surface area contributed by atoms with E-state index in [1.54, 1.807) is 12.0 Å². The van der Waals surface area contributed by atoms with Crippen molar-refractivity contribution in [2.24, 2.45) is 5.41 Å². The number of esters is 1. The summed E-state index contributed by atoms with van der Waals surface area (Å²) in [5.74, 6) is 0.290. The van der Waals surface area contributed by atoms with Crippen LogP contribution in [0.4, 0.5) is 10.5 Å². The number of ether oxygens (including phenoxy) is 3. The van der Waals surface area contributed by atoms with Crippen molar-refractivity contribution in [3.63, 3.8) is 0 Å². The zero-order chi connectivity index (χ0) is 21.6. The van der Waals surface area contributed by atoms with Crippen molar-refractivity contribution in [2.75, 3.05) is 39.3 Å². The maximum atomic E-state index is 13.4. The van der Waals surface area contributed by atoms with E-state index in [4.69, 9.17) is 14.2 Å². The minimum absolute atomic E-state index is 0.0769. The van der Waals surface area contributed by atoms with Gasteiger partial charge in [0.05, 0.1) is 38.1 Å². The van der Waals surface area contributed by atoms with Crippen molar-refractivity contribution in [1.82, 2.24) is 4.90 Å². The highest BCUT2D eigenvalue weighted by atomic mass is 16.5. The molecule has 164 valence electrons. The van der Waals surface area contributed by atoms with Crippen molar-refractivity contribution in [2.45, 2.75) is 49.1 Å². The Morgan fingerprint density at radius 1 is 1.03 bits per heavy atom. The summed E-state index contributed by atoms with van der Waals surface area (Å²) in [4.78, 5) is 31.1. The fraction of sp³-hybridized carbons (Fsp3) is 0.583. The maximum absolute atomic E-state index is 13.4. The third-order valence-corrected chi connectivity index (χ3v) is 8.89. The Kier molecular flexibility index (Phi) is 3.73. The number of para-hydroxylation sites is 1. The van der Waals surface area contributed by atoms with Crippen LogP contribution in [0.1, 0.15) is 37.7 Å². The molecule has 1 saturated carbocycles. The quantitative estimate of drug-likeness (QED) is 0.680. The third-order valence-electron chi connectivity index (χ3n) is 8.89. The minimum atomic E-state index is -0.831. The van der Waals surface area contributed by atoms with E-state index in [0.717, 1.165) is 50.0 Å². The molecule has 1 aromatic rings. The van der Waals surface area contributed by atoms with Crippen molar-refractivity contribution in [3.8, 4) is 5.75 Å². The van der Waals surface area contributed by atoms with Crippen LogP contribution in [0.3, 0.4) is 0 Å². The number of carbonyl (C=O) groups is 2. The minimum Gasteiger partial charge on any atom is -0.495 e. The van der Waals surface area contributed by atoms with Gasteiger partial charge in [-0.2, -0.15) is 0 Å². The molecule has 2 unspecified atom stereocenters. The van der Waals surface area contributed by atoms with Crippen LogP contribution in [0, 0.1) is 5.41 Å². The molecule has 2 saturated heterocycles. The van der Waals surface area contributed by atoms with Gasteiger partial charge in [0.25, 0.3) is 0 Å². The van der Waals surface area contributed by atoms with Gasteiger partial charge in [-0.1, -0.05) is 18.2 Å². The second-order valence-corrected chi connectivity index (χ2v) is 9.57. The number of nitrogens with zero attached hydrogens (tertiary/aromatic N) is 2. The molecular weight excluding hydrogens is 396 g/mol. The molecular formula is C24H28N2O5. The molecule has 7 nitrogen and oxygen atoms in total. The smallest absolute Gasteiger partial charge is 0.414 e. The predicted molar refractivity (Wildman–Crippen MR) is 113 cm³/mol. The molecule has 7 heteroatoms. The van der Waals surface area contributed by atoms with E-state index < -0.39 is 11.6 Å². The zero-order valence-electron chi connectivity index (χ0n) is 18.3. The number of hydrogen-bond donors (Lipinski definition) is 0. The lowest BCUT2D eigenvalue weighted by molar-refractivity contribution is -0.139. The monoisotopic (exact) mass is 424 g/mol. The molecule has 0 radical (unpaired) electrons. The van der Waals surface area contributed by atoms with Gasteiger partial charge < -0.3 is 14.2 Å². The molecule has 0 aromatic heterocycles. The summed E-state index contributed by atoms with van der Waals surface area (Å²) in [6.45, 7) is 2.02. The Morgan fingerprint density at radius 2 is 1.87 bits per heavy atom. The van der Waals surface area contributed by atoms with Crippen molar-refractivity contribution < 1.29 is 23.8 Å². The largest absolute Gasteiger partial charge is 0.495 e. The summed E-state index contributed by atoms with van der Waals surface area (Å²) >= 11 is 0. The number of anilines is 1. The van der Waals surface area contributed by atoms with Crippen LogP contribution >= 0.6 is 0 Å². The lowest BCUT2D eigenvalue weighted by Gasteiger charge is -2.66. The molecule has 1 amide bonds. The fourth-order valence-electron chi connectivity index (χ4n) is 8.16. The predicted octanol–water partition coefficient (Wildman–Crippen LogP) is 3.02. The first-order chi connectivity index (χ1) is 15.0. The zero-order valence-corrected chi connectivity index (χ0v) is 18.3. The normalized spacial score (nSPS) is 36.9. The molecule has 3 spiro atoms. The van der Waals surface area contributed by atoms with Crippen molar-refractivity contribution in [1.29, 1.82) is 0 Å². The van der Waals surface area contributed by atoms with Crippen molar-refractivity contribution in [3.05, 3.63) is 35.4 Å². The Hall–Kier alpha value is -2.54. The molecule has 3 heterocycles. The summed E-state index contributed by atoms with van der Waals surface area (Å²) in [5.41, 5.74) is 1.17. The van der Waals surface area contributed by atoms with Gasteiger partial charge >= 0.3 is 12.1 Å². The van der Waals surface area contributed by atoms with E-state index in [-0.39, 0.29) is 22.8 Å². The van der Waals surface area contributed by atoms with Crippen LogP contribution in [0.25, 0.3) is 0 Å². The highest BCUT2D eigenvalue weighted by molar-refractivity contribution is 6.04. The van der Waals surface area contributed by atoms with Crippen LogP contribution in [0.5, 0.6) is 5.75 Å². The van der Waals surface area contributed by atoms with Gasteiger partial charge in [-0.15, -0.1) is 0 Å². The second-order valence-electron chi connectivity index (χ2n) is 9.57. The number of carbonyl (C=O) groups excluding carboxylic acids is 2. The third kappa shape index (κ3) is 1.87. The summed E-state index contributed by atoms with van der Waals surface area (Å²) in [6, 6.07) is 6.26. The number of amides is 1. The highest BCUT2D eigenvalue weighted by Gasteiger charge is 2.80. The van der Waals surface area contributed by atoms with Crippen molar-refractivity contribution >= 4 is 17.7 Å². The van der Waals surface area contributed by atoms with Crippen LogP contribution in [-0.4, -0.2) is 63.0 Å². The molecule has 7 rings (SSSR count). The molecule has 3 aliphatic carbocycles. The molecule has 3 fully saturated rings. The average Bonchev–Trinajstić information content (AvgIpc) is 3.34. The van der Waals surface area contributed by atoms with Gasteiger partial charge in [-0.3, -0.25) is 9.80 Å². The summed E-state index contributed by atoms with van der Waals surface area (Å²) < 4.78 is 16.4. The number of fused-ring (bicyclic) bond motifs is 2. The Labute approximate surface area is 181 Å². The second kappa shape index (κ2) is 6.03. The average molecular weight is 424 g/mol. The molecule has 3 aliphatic heterocycles. The molecule has 4 atom stereocenters. The molecule has 6 aliphatic rings. The van der Waals surface area contributed by atoms with E-state index in [1.807, 2.05) is 12.1 Å². The van der Waals surface area contributed by atoms with E-state index >= 15 is 0 Å².